The molecule has 0 unspecified atom stereocenters. The molecule has 3 aromatic heterocycles. The molecule has 0 saturated heterocycles. The van der Waals surface area contributed by atoms with Crippen molar-refractivity contribution in [1.29, 1.82) is 0 Å². The first-order chi connectivity index (χ1) is 15.6. The Morgan fingerprint density at radius 1 is 1.03 bits per heavy atom. The van der Waals surface area contributed by atoms with Crippen molar-refractivity contribution in [2.24, 2.45) is 0 Å². The van der Waals surface area contributed by atoms with Crippen LogP contribution in [0.5, 0.6) is 0 Å². The van der Waals surface area contributed by atoms with E-state index in [1.54, 1.807) is 28.8 Å². The summed E-state index contributed by atoms with van der Waals surface area (Å²) in [6.45, 7) is 0.444. The van der Waals surface area contributed by atoms with Crippen molar-refractivity contribution >= 4 is 28.7 Å². The predicted octanol–water partition coefficient (Wildman–Crippen LogP) is 4.09. The molecular weight excluding hydrogens is 431 g/mol. The van der Waals surface area contributed by atoms with Gasteiger partial charge < -0.3 is 5.32 Å². The highest BCUT2D eigenvalue weighted by Gasteiger charge is 2.13. The summed E-state index contributed by atoms with van der Waals surface area (Å²) in [5, 5.41) is 16.7. The summed E-state index contributed by atoms with van der Waals surface area (Å²) >= 11 is 5.88. The van der Waals surface area contributed by atoms with E-state index in [-0.39, 0.29) is 11.7 Å². The first-order valence-electron chi connectivity index (χ1n) is 10.1. The average Bonchev–Trinajstić information content (AvgIpc) is 3.41. The lowest BCUT2D eigenvalue weighted by molar-refractivity contribution is -0.121. The maximum atomic E-state index is 13.2. The predicted molar refractivity (Wildman–Crippen MR) is 119 cm³/mol. The highest BCUT2D eigenvalue weighted by Crippen LogP contribution is 2.22. The van der Waals surface area contributed by atoms with Gasteiger partial charge in [0, 0.05) is 42.4 Å². The lowest BCUT2D eigenvalue weighted by Gasteiger charge is -2.05. The van der Waals surface area contributed by atoms with Crippen LogP contribution in [0.4, 0.5) is 4.39 Å². The molecule has 5 rings (SSSR count). The number of nitrogens with one attached hydrogen (secondary N) is 1. The Hall–Kier alpha value is -3.78. The van der Waals surface area contributed by atoms with Gasteiger partial charge in [0.25, 0.3) is 0 Å². The minimum atomic E-state index is -0.292. The molecule has 3 heterocycles. The number of fused-ring (bicyclic) bond motifs is 3. The first-order valence-corrected chi connectivity index (χ1v) is 10.4. The summed E-state index contributed by atoms with van der Waals surface area (Å²) in [7, 11) is 0. The molecule has 0 aliphatic carbocycles. The number of amides is 1. The summed E-state index contributed by atoms with van der Waals surface area (Å²) in [4.78, 5) is 12.3. The van der Waals surface area contributed by atoms with Gasteiger partial charge in [0.05, 0.1) is 5.69 Å². The van der Waals surface area contributed by atoms with Gasteiger partial charge in [-0.1, -0.05) is 23.7 Å². The molecule has 160 valence electrons. The van der Waals surface area contributed by atoms with Gasteiger partial charge in [0.1, 0.15) is 17.2 Å². The Morgan fingerprint density at radius 2 is 1.81 bits per heavy atom. The maximum absolute atomic E-state index is 13.2. The summed E-state index contributed by atoms with van der Waals surface area (Å²) in [5.41, 5.74) is 3.92. The van der Waals surface area contributed by atoms with Crippen LogP contribution in [0.25, 0.3) is 22.4 Å². The number of carbonyl (C=O) groups is 1. The number of carbonyl (C=O) groups excluding carboxylic acids is 1. The molecule has 1 N–H and O–H groups in total. The van der Waals surface area contributed by atoms with E-state index in [0.717, 1.165) is 16.6 Å². The number of aryl methyl sites for hydroxylation is 1. The molecule has 0 saturated carbocycles. The van der Waals surface area contributed by atoms with Gasteiger partial charge in [-0.15, -0.1) is 10.2 Å². The molecule has 0 aliphatic rings. The van der Waals surface area contributed by atoms with Crippen LogP contribution >= 0.6 is 11.6 Å². The van der Waals surface area contributed by atoms with E-state index in [1.165, 1.54) is 12.1 Å². The monoisotopic (exact) mass is 448 g/mol. The largest absolute Gasteiger partial charge is 0.352 e. The van der Waals surface area contributed by atoms with Gasteiger partial charge in [-0.25, -0.2) is 8.91 Å². The van der Waals surface area contributed by atoms with Gasteiger partial charge in [-0.05, 0) is 48.0 Å². The quantitative estimate of drug-likeness (QED) is 0.424. The molecular formula is C23H18ClFN6O. The van der Waals surface area contributed by atoms with Gasteiger partial charge in [0.2, 0.25) is 5.91 Å². The molecule has 0 fully saturated rings. The van der Waals surface area contributed by atoms with Crippen molar-refractivity contribution in [3.8, 4) is 11.3 Å². The number of hydrogen-bond donors (Lipinski definition) is 1. The SMILES string of the molecule is O=C(CCc1nnc2c3cc(-c4ccc(F)cc4)nn3ccn12)NCc1ccc(Cl)cc1. The summed E-state index contributed by atoms with van der Waals surface area (Å²) in [6, 6.07) is 15.4. The number of benzene rings is 2. The summed E-state index contributed by atoms with van der Waals surface area (Å²) < 4.78 is 16.8. The van der Waals surface area contributed by atoms with Crippen molar-refractivity contribution in [1.82, 2.24) is 29.5 Å². The summed E-state index contributed by atoms with van der Waals surface area (Å²) in [6.07, 6.45) is 4.37. The van der Waals surface area contributed by atoms with Crippen LogP contribution in [-0.4, -0.2) is 30.1 Å². The van der Waals surface area contributed by atoms with E-state index in [2.05, 4.69) is 20.6 Å². The Kier molecular flexibility index (Phi) is 5.28. The number of hydrogen-bond acceptors (Lipinski definition) is 4. The number of nitrogens with zero attached hydrogens (tertiary/aromatic N) is 5. The fourth-order valence-electron chi connectivity index (χ4n) is 3.51. The highest BCUT2D eigenvalue weighted by atomic mass is 35.5. The molecule has 0 spiro atoms. The highest BCUT2D eigenvalue weighted by molar-refractivity contribution is 6.30. The number of rotatable bonds is 6. The zero-order chi connectivity index (χ0) is 22.1. The van der Waals surface area contributed by atoms with Gasteiger partial charge in [-0.3, -0.25) is 9.20 Å². The van der Waals surface area contributed by atoms with Crippen LogP contribution in [0.2, 0.25) is 5.02 Å². The Labute approximate surface area is 187 Å². The lowest BCUT2D eigenvalue weighted by atomic mass is 10.1. The second kappa shape index (κ2) is 8.39. The first kappa shape index (κ1) is 20.1. The van der Waals surface area contributed by atoms with E-state index in [4.69, 9.17) is 11.6 Å². The van der Waals surface area contributed by atoms with Crippen LogP contribution in [0.15, 0.2) is 67.0 Å². The zero-order valence-corrected chi connectivity index (χ0v) is 17.6. The second-order valence-corrected chi connectivity index (χ2v) is 7.81. The van der Waals surface area contributed by atoms with Crippen LogP contribution in [0.3, 0.4) is 0 Å². The van der Waals surface area contributed by atoms with E-state index >= 15 is 0 Å². The van der Waals surface area contributed by atoms with Gasteiger partial charge >= 0.3 is 0 Å². The van der Waals surface area contributed by atoms with E-state index < -0.39 is 0 Å². The minimum Gasteiger partial charge on any atom is -0.352 e. The molecule has 9 heteroatoms. The summed E-state index contributed by atoms with van der Waals surface area (Å²) in [5.74, 6) is 0.327. The molecule has 0 aliphatic heterocycles. The Morgan fingerprint density at radius 3 is 2.59 bits per heavy atom. The van der Waals surface area contributed by atoms with Gasteiger partial charge in [0.15, 0.2) is 5.65 Å². The van der Waals surface area contributed by atoms with E-state index in [0.29, 0.717) is 41.6 Å². The van der Waals surface area contributed by atoms with E-state index in [9.17, 15) is 9.18 Å². The Bertz CT molecular complexity index is 1410. The van der Waals surface area contributed by atoms with Crippen molar-refractivity contribution < 1.29 is 9.18 Å². The smallest absolute Gasteiger partial charge is 0.220 e. The van der Waals surface area contributed by atoms with Crippen LogP contribution in [0, 0.1) is 5.82 Å². The number of aromatic nitrogens is 5. The molecule has 0 radical (unpaired) electrons. The number of halogens is 2. The maximum Gasteiger partial charge on any atom is 0.220 e. The minimum absolute atomic E-state index is 0.0688. The normalized spacial score (nSPS) is 11.3. The molecule has 1 amide bonds. The van der Waals surface area contributed by atoms with Crippen LogP contribution in [-0.2, 0) is 17.8 Å². The van der Waals surface area contributed by atoms with Crippen LogP contribution in [0.1, 0.15) is 17.8 Å². The third-order valence-corrected chi connectivity index (χ3v) is 5.46. The third kappa shape index (κ3) is 4.04. The fourth-order valence-corrected chi connectivity index (χ4v) is 3.63. The molecule has 0 bridgehead atoms. The molecule has 32 heavy (non-hydrogen) atoms. The zero-order valence-electron chi connectivity index (χ0n) is 16.9. The van der Waals surface area contributed by atoms with Crippen molar-refractivity contribution in [3.63, 3.8) is 0 Å². The van der Waals surface area contributed by atoms with Crippen molar-refractivity contribution in [2.75, 3.05) is 0 Å². The molecule has 0 atom stereocenters. The lowest BCUT2D eigenvalue weighted by Crippen LogP contribution is -2.23. The Balaban J connectivity index is 1.30. The van der Waals surface area contributed by atoms with Crippen molar-refractivity contribution in [3.05, 3.63) is 89.2 Å². The molecule has 2 aromatic carbocycles. The topological polar surface area (TPSA) is 76.6 Å². The van der Waals surface area contributed by atoms with Crippen molar-refractivity contribution in [2.45, 2.75) is 19.4 Å². The third-order valence-electron chi connectivity index (χ3n) is 5.21. The average molecular weight is 449 g/mol. The fraction of sp³-hybridized carbons (Fsp3) is 0.130. The van der Waals surface area contributed by atoms with E-state index in [1.807, 2.05) is 35.0 Å². The van der Waals surface area contributed by atoms with Gasteiger partial charge in [-0.2, -0.15) is 5.10 Å². The molecule has 7 nitrogen and oxygen atoms in total. The second-order valence-electron chi connectivity index (χ2n) is 7.38. The molecule has 5 aromatic rings. The standard InChI is InChI=1S/C23H18ClFN6O/c24-17-5-1-15(2-6-17)14-26-22(32)10-9-21-27-28-23-20-13-19(16-3-7-18(25)8-4-16)29-31(20)12-11-30(21)23/h1-8,11-13H,9-10,14H2,(H,26,32). The van der Waals surface area contributed by atoms with Crippen LogP contribution < -0.4 is 5.32 Å².